The lowest BCUT2D eigenvalue weighted by Gasteiger charge is -2.13. The second kappa shape index (κ2) is 7.14. The monoisotopic (exact) mass is 377 g/mol. The van der Waals surface area contributed by atoms with Gasteiger partial charge in [-0.3, -0.25) is 4.79 Å². The second-order valence-electron chi connectivity index (χ2n) is 5.76. The van der Waals surface area contributed by atoms with Gasteiger partial charge in [0.05, 0.1) is 5.56 Å². The molecule has 0 bridgehead atoms. The second-order valence-corrected chi connectivity index (χ2v) is 5.76. The Kier molecular flexibility index (Phi) is 4.89. The number of esters is 1. The maximum Gasteiger partial charge on any atom is 0.416 e. The number of fused-ring (bicyclic) bond motifs is 1. The Balaban J connectivity index is 1.62. The highest BCUT2D eigenvalue weighted by Gasteiger charge is 2.30. The molecule has 0 fully saturated rings. The fraction of sp³-hybridized carbons (Fsp3) is 0.158. The van der Waals surface area contributed by atoms with Crippen molar-refractivity contribution < 1.29 is 31.9 Å². The molecular weight excluding hydrogens is 363 g/mol. The lowest BCUT2D eigenvalue weighted by molar-refractivity contribution is -0.137. The van der Waals surface area contributed by atoms with Crippen LogP contribution in [0.15, 0.2) is 59.0 Å². The van der Waals surface area contributed by atoms with E-state index in [1.807, 2.05) is 0 Å². The molecule has 0 spiro atoms. The minimum Gasteiger partial charge on any atom is -0.449 e. The number of carbonyl (C=O) groups is 2. The first kappa shape index (κ1) is 18.5. The van der Waals surface area contributed by atoms with E-state index in [1.165, 1.54) is 13.0 Å². The van der Waals surface area contributed by atoms with E-state index < -0.39 is 29.7 Å². The Morgan fingerprint density at radius 3 is 2.37 bits per heavy atom. The van der Waals surface area contributed by atoms with Crippen molar-refractivity contribution in [2.45, 2.75) is 19.2 Å². The summed E-state index contributed by atoms with van der Waals surface area (Å²) in [7, 11) is 0. The fourth-order valence-electron chi connectivity index (χ4n) is 2.34. The van der Waals surface area contributed by atoms with Crippen LogP contribution in [0.4, 0.5) is 18.9 Å². The van der Waals surface area contributed by atoms with Crippen LogP contribution in [0.3, 0.4) is 0 Å². The third kappa shape index (κ3) is 4.28. The first-order valence-corrected chi connectivity index (χ1v) is 7.92. The summed E-state index contributed by atoms with van der Waals surface area (Å²) >= 11 is 0. The third-order valence-corrected chi connectivity index (χ3v) is 3.76. The zero-order valence-corrected chi connectivity index (χ0v) is 14.0. The van der Waals surface area contributed by atoms with Crippen molar-refractivity contribution in [2.75, 3.05) is 5.32 Å². The predicted octanol–water partition coefficient (Wildman–Crippen LogP) is 4.64. The summed E-state index contributed by atoms with van der Waals surface area (Å²) in [6.45, 7) is 1.35. The molecule has 1 atom stereocenters. The zero-order chi connectivity index (χ0) is 19.6. The van der Waals surface area contributed by atoms with Crippen LogP contribution in [0.1, 0.15) is 23.0 Å². The van der Waals surface area contributed by atoms with Crippen molar-refractivity contribution in [1.82, 2.24) is 0 Å². The van der Waals surface area contributed by atoms with E-state index in [1.54, 1.807) is 24.3 Å². The van der Waals surface area contributed by atoms with Gasteiger partial charge >= 0.3 is 12.1 Å². The van der Waals surface area contributed by atoms with Gasteiger partial charge in [0, 0.05) is 11.1 Å². The van der Waals surface area contributed by atoms with Gasteiger partial charge in [-0.05, 0) is 43.3 Å². The summed E-state index contributed by atoms with van der Waals surface area (Å²) in [5.41, 5.74) is -0.171. The predicted molar refractivity (Wildman–Crippen MR) is 91.2 cm³/mol. The maximum absolute atomic E-state index is 12.5. The Bertz CT molecular complexity index is 944. The number of carbonyl (C=O) groups excluding carboxylic acids is 2. The van der Waals surface area contributed by atoms with Gasteiger partial charge in [0.2, 0.25) is 5.76 Å². The van der Waals surface area contributed by atoms with Crippen molar-refractivity contribution in [2.24, 2.45) is 0 Å². The van der Waals surface area contributed by atoms with Crippen LogP contribution in [-0.2, 0) is 15.7 Å². The standard InChI is InChI=1S/C19H14F3NO4/c1-11(17(24)23-14-8-6-13(7-9-14)19(20,21)22)26-18(25)16-10-12-4-2-3-5-15(12)27-16/h2-11H,1H3,(H,23,24). The molecule has 3 aromatic rings. The highest BCUT2D eigenvalue weighted by atomic mass is 19.4. The smallest absolute Gasteiger partial charge is 0.416 e. The quantitative estimate of drug-likeness (QED) is 0.673. The summed E-state index contributed by atoms with van der Waals surface area (Å²) in [5.74, 6) is -1.55. The first-order chi connectivity index (χ1) is 12.7. The number of alkyl halides is 3. The molecule has 0 saturated carbocycles. The minimum atomic E-state index is -4.46. The summed E-state index contributed by atoms with van der Waals surface area (Å²) in [6, 6.07) is 12.4. The molecule has 0 saturated heterocycles. The van der Waals surface area contributed by atoms with Gasteiger partial charge in [0.25, 0.3) is 5.91 Å². The van der Waals surface area contributed by atoms with E-state index in [9.17, 15) is 22.8 Å². The van der Waals surface area contributed by atoms with Crippen LogP contribution in [0.25, 0.3) is 11.0 Å². The van der Waals surface area contributed by atoms with Crippen LogP contribution in [0, 0.1) is 0 Å². The molecule has 3 rings (SSSR count). The van der Waals surface area contributed by atoms with E-state index >= 15 is 0 Å². The molecule has 140 valence electrons. The number of amides is 1. The minimum absolute atomic E-state index is 0.0506. The number of furan rings is 1. The fourth-order valence-corrected chi connectivity index (χ4v) is 2.34. The van der Waals surface area contributed by atoms with E-state index in [4.69, 9.17) is 9.15 Å². The average Bonchev–Trinajstić information content (AvgIpc) is 3.05. The lowest BCUT2D eigenvalue weighted by Crippen LogP contribution is -2.29. The number of para-hydroxylation sites is 1. The zero-order valence-electron chi connectivity index (χ0n) is 14.0. The van der Waals surface area contributed by atoms with Crippen molar-refractivity contribution in [3.05, 3.63) is 65.9 Å². The Hall–Kier alpha value is -3.29. The van der Waals surface area contributed by atoms with E-state index in [0.717, 1.165) is 24.3 Å². The first-order valence-electron chi connectivity index (χ1n) is 7.92. The Labute approximate surface area is 151 Å². The lowest BCUT2D eigenvalue weighted by atomic mass is 10.2. The molecule has 0 aliphatic carbocycles. The summed E-state index contributed by atoms with van der Waals surface area (Å²) < 4.78 is 48.0. The maximum atomic E-state index is 12.5. The van der Waals surface area contributed by atoms with Crippen molar-refractivity contribution in [1.29, 1.82) is 0 Å². The molecule has 1 heterocycles. The SMILES string of the molecule is CC(OC(=O)c1cc2ccccc2o1)C(=O)Nc1ccc(C(F)(F)F)cc1. The Morgan fingerprint density at radius 2 is 1.74 bits per heavy atom. The highest BCUT2D eigenvalue weighted by molar-refractivity contribution is 5.97. The van der Waals surface area contributed by atoms with Crippen LogP contribution >= 0.6 is 0 Å². The molecule has 1 unspecified atom stereocenters. The number of hydrogen-bond acceptors (Lipinski definition) is 4. The molecule has 0 radical (unpaired) electrons. The van der Waals surface area contributed by atoms with Crippen LogP contribution < -0.4 is 5.32 Å². The molecule has 8 heteroatoms. The van der Waals surface area contributed by atoms with Crippen LogP contribution in [0.2, 0.25) is 0 Å². The van der Waals surface area contributed by atoms with Gasteiger partial charge in [0.1, 0.15) is 5.58 Å². The van der Waals surface area contributed by atoms with Gasteiger partial charge in [-0.2, -0.15) is 13.2 Å². The van der Waals surface area contributed by atoms with Crippen molar-refractivity contribution >= 4 is 28.5 Å². The summed E-state index contributed by atoms with van der Waals surface area (Å²) in [5, 5.41) is 3.10. The van der Waals surface area contributed by atoms with Crippen molar-refractivity contribution in [3.8, 4) is 0 Å². The number of halogens is 3. The molecular formula is C19H14F3NO4. The van der Waals surface area contributed by atoms with Gasteiger partial charge in [0.15, 0.2) is 6.10 Å². The average molecular weight is 377 g/mol. The molecule has 0 aliphatic heterocycles. The molecule has 0 aliphatic rings. The van der Waals surface area contributed by atoms with Gasteiger partial charge in [-0.15, -0.1) is 0 Å². The van der Waals surface area contributed by atoms with E-state index in [2.05, 4.69) is 5.32 Å². The largest absolute Gasteiger partial charge is 0.449 e. The number of nitrogens with one attached hydrogen (secondary N) is 1. The molecule has 1 N–H and O–H groups in total. The number of anilines is 1. The number of hydrogen-bond donors (Lipinski definition) is 1. The number of benzene rings is 2. The van der Waals surface area contributed by atoms with E-state index in [0.29, 0.717) is 11.0 Å². The Morgan fingerprint density at radius 1 is 1.07 bits per heavy atom. The summed E-state index contributed by atoms with van der Waals surface area (Å²) in [4.78, 5) is 24.2. The molecule has 2 aromatic carbocycles. The highest BCUT2D eigenvalue weighted by Crippen LogP contribution is 2.29. The number of ether oxygens (including phenoxy) is 1. The summed E-state index contributed by atoms with van der Waals surface area (Å²) in [6.07, 6.45) is -5.63. The van der Waals surface area contributed by atoms with Gasteiger partial charge < -0.3 is 14.5 Å². The molecule has 5 nitrogen and oxygen atoms in total. The normalized spacial score (nSPS) is 12.6. The topological polar surface area (TPSA) is 68.5 Å². The molecule has 1 amide bonds. The van der Waals surface area contributed by atoms with Crippen molar-refractivity contribution in [3.63, 3.8) is 0 Å². The van der Waals surface area contributed by atoms with Gasteiger partial charge in [-0.25, -0.2) is 4.79 Å². The molecule has 1 aromatic heterocycles. The van der Waals surface area contributed by atoms with Gasteiger partial charge in [-0.1, -0.05) is 18.2 Å². The number of rotatable bonds is 4. The van der Waals surface area contributed by atoms with Crippen LogP contribution in [0.5, 0.6) is 0 Å². The van der Waals surface area contributed by atoms with E-state index in [-0.39, 0.29) is 11.4 Å². The third-order valence-electron chi connectivity index (χ3n) is 3.76. The molecule has 27 heavy (non-hydrogen) atoms. The van der Waals surface area contributed by atoms with Crippen LogP contribution in [-0.4, -0.2) is 18.0 Å².